The molecule has 23 heavy (non-hydrogen) atoms. The topological polar surface area (TPSA) is 49.3 Å². The normalized spacial score (nSPS) is 10.8. The lowest BCUT2D eigenvalue weighted by atomic mass is 10.2. The van der Waals surface area contributed by atoms with Crippen LogP contribution in [0.15, 0.2) is 47.6 Å². The third-order valence-electron chi connectivity index (χ3n) is 3.25. The first-order chi connectivity index (χ1) is 10.7. The van der Waals surface area contributed by atoms with Crippen LogP contribution in [0.4, 0.5) is 0 Å². The quantitative estimate of drug-likeness (QED) is 0.417. The first kappa shape index (κ1) is 19.7. The fourth-order valence-corrected chi connectivity index (χ4v) is 2.20. The zero-order valence-electron chi connectivity index (χ0n) is 13.3. The number of nitrogens with zero attached hydrogens (tertiary/aromatic N) is 2. The van der Waals surface area contributed by atoms with E-state index in [-0.39, 0.29) is 24.0 Å². The molecule has 0 aliphatic heterocycles. The van der Waals surface area contributed by atoms with Gasteiger partial charge in [-0.3, -0.25) is 4.98 Å². The van der Waals surface area contributed by atoms with Crippen LogP contribution in [0.5, 0.6) is 0 Å². The Morgan fingerprint density at radius 3 is 2.65 bits per heavy atom. The summed E-state index contributed by atoms with van der Waals surface area (Å²) in [5.41, 5.74) is 3.19. The maximum Gasteiger partial charge on any atom is 0.191 e. The minimum absolute atomic E-state index is 0. The summed E-state index contributed by atoms with van der Waals surface area (Å²) >= 11 is 6.16. The lowest BCUT2D eigenvalue weighted by Gasteiger charge is -2.12. The summed E-state index contributed by atoms with van der Waals surface area (Å²) in [4.78, 5) is 8.95. The van der Waals surface area contributed by atoms with Crippen LogP contribution in [-0.4, -0.2) is 17.5 Å². The van der Waals surface area contributed by atoms with Gasteiger partial charge in [0.2, 0.25) is 0 Å². The number of benzene rings is 1. The molecule has 0 aliphatic carbocycles. The Hall–Kier alpha value is -1.34. The van der Waals surface area contributed by atoms with Crippen molar-refractivity contribution >= 4 is 41.5 Å². The van der Waals surface area contributed by atoms with Crippen molar-refractivity contribution in [2.24, 2.45) is 4.99 Å². The lowest BCUT2D eigenvalue weighted by Crippen LogP contribution is -2.37. The molecular formula is C17H22ClIN4. The minimum Gasteiger partial charge on any atom is -0.357 e. The Kier molecular flexibility index (Phi) is 8.94. The number of aliphatic imine (C=N–C) groups is 1. The summed E-state index contributed by atoms with van der Waals surface area (Å²) in [5.74, 6) is 0.757. The second-order valence-electron chi connectivity index (χ2n) is 4.91. The smallest absolute Gasteiger partial charge is 0.191 e. The molecule has 0 saturated heterocycles. The van der Waals surface area contributed by atoms with Crippen molar-refractivity contribution in [2.75, 3.05) is 6.54 Å². The maximum atomic E-state index is 6.16. The van der Waals surface area contributed by atoms with Gasteiger partial charge in [-0.2, -0.15) is 0 Å². The van der Waals surface area contributed by atoms with E-state index < -0.39 is 0 Å². The highest BCUT2D eigenvalue weighted by molar-refractivity contribution is 14.0. The molecule has 0 aliphatic rings. The molecule has 1 aromatic carbocycles. The van der Waals surface area contributed by atoms with E-state index in [1.165, 1.54) is 0 Å². The van der Waals surface area contributed by atoms with Crippen molar-refractivity contribution in [3.8, 4) is 0 Å². The molecule has 2 rings (SSSR count). The van der Waals surface area contributed by atoms with Gasteiger partial charge >= 0.3 is 0 Å². The Morgan fingerprint density at radius 2 is 1.96 bits per heavy atom. The molecule has 0 saturated carbocycles. The standard InChI is InChI=1S/C17H21ClN4.HI/c1-3-19-17(21-11-14-8-4-5-9-15(14)18)22-12-16-13(2)7-6-10-20-16;/h4-10H,3,11-12H2,1-2H3,(H2,19,21,22);1H. The predicted molar refractivity (Wildman–Crippen MR) is 107 cm³/mol. The molecule has 0 atom stereocenters. The summed E-state index contributed by atoms with van der Waals surface area (Å²) in [7, 11) is 0. The van der Waals surface area contributed by atoms with Crippen LogP contribution >= 0.6 is 35.6 Å². The number of nitrogens with one attached hydrogen (secondary N) is 2. The molecule has 2 aromatic rings. The molecule has 4 nitrogen and oxygen atoms in total. The van der Waals surface area contributed by atoms with E-state index in [1.54, 1.807) is 6.20 Å². The molecule has 124 valence electrons. The zero-order valence-corrected chi connectivity index (χ0v) is 16.4. The summed E-state index contributed by atoms with van der Waals surface area (Å²) in [6, 6.07) is 11.7. The van der Waals surface area contributed by atoms with Crippen LogP contribution in [-0.2, 0) is 13.1 Å². The molecule has 1 aromatic heterocycles. The molecule has 0 bridgehead atoms. The number of pyridine rings is 1. The molecular weight excluding hydrogens is 423 g/mol. The van der Waals surface area contributed by atoms with Gasteiger partial charge in [-0.15, -0.1) is 24.0 Å². The number of aromatic nitrogens is 1. The van der Waals surface area contributed by atoms with Crippen molar-refractivity contribution in [3.63, 3.8) is 0 Å². The third kappa shape index (κ3) is 6.35. The monoisotopic (exact) mass is 444 g/mol. The van der Waals surface area contributed by atoms with Gasteiger partial charge in [0.1, 0.15) is 0 Å². The Balaban J connectivity index is 0.00000264. The van der Waals surface area contributed by atoms with Gasteiger partial charge in [-0.25, -0.2) is 4.99 Å². The van der Waals surface area contributed by atoms with Crippen molar-refractivity contribution in [2.45, 2.75) is 26.9 Å². The highest BCUT2D eigenvalue weighted by atomic mass is 127. The number of hydrogen-bond acceptors (Lipinski definition) is 2. The van der Waals surface area contributed by atoms with E-state index in [4.69, 9.17) is 11.6 Å². The molecule has 0 unspecified atom stereocenters. The van der Waals surface area contributed by atoms with Gasteiger partial charge < -0.3 is 10.6 Å². The number of guanidine groups is 1. The van der Waals surface area contributed by atoms with Gasteiger partial charge in [0.05, 0.1) is 18.8 Å². The summed E-state index contributed by atoms with van der Waals surface area (Å²) in [5, 5.41) is 7.27. The highest BCUT2D eigenvalue weighted by Gasteiger charge is 2.03. The molecule has 0 radical (unpaired) electrons. The zero-order chi connectivity index (χ0) is 15.8. The first-order valence-corrected chi connectivity index (χ1v) is 7.74. The molecule has 0 amide bonds. The number of hydrogen-bond donors (Lipinski definition) is 2. The number of rotatable bonds is 5. The van der Waals surface area contributed by atoms with E-state index >= 15 is 0 Å². The van der Waals surface area contributed by atoms with Crippen LogP contribution in [0.2, 0.25) is 5.02 Å². The third-order valence-corrected chi connectivity index (χ3v) is 3.62. The van der Waals surface area contributed by atoms with Gasteiger partial charge in [0.25, 0.3) is 0 Å². The summed E-state index contributed by atoms with van der Waals surface area (Å²) in [6.45, 7) is 6.07. The fraction of sp³-hybridized carbons (Fsp3) is 0.294. The average Bonchev–Trinajstić information content (AvgIpc) is 2.53. The molecule has 6 heteroatoms. The van der Waals surface area contributed by atoms with Crippen molar-refractivity contribution < 1.29 is 0 Å². The first-order valence-electron chi connectivity index (χ1n) is 7.36. The molecule has 0 spiro atoms. The van der Waals surface area contributed by atoms with Crippen molar-refractivity contribution in [1.29, 1.82) is 0 Å². The Morgan fingerprint density at radius 1 is 1.17 bits per heavy atom. The minimum atomic E-state index is 0. The van der Waals surface area contributed by atoms with Crippen LogP contribution in [0.1, 0.15) is 23.7 Å². The van der Waals surface area contributed by atoms with Crippen LogP contribution < -0.4 is 10.6 Å². The highest BCUT2D eigenvalue weighted by Crippen LogP contribution is 2.15. The van der Waals surface area contributed by atoms with Crippen molar-refractivity contribution in [3.05, 3.63) is 64.4 Å². The van der Waals surface area contributed by atoms with Gasteiger partial charge in [-0.05, 0) is 37.1 Å². The van der Waals surface area contributed by atoms with Gasteiger partial charge in [-0.1, -0.05) is 35.9 Å². The molecule has 1 heterocycles. The van der Waals surface area contributed by atoms with Crippen LogP contribution in [0.25, 0.3) is 0 Å². The SMILES string of the molecule is CCNC(=NCc1ccccc1Cl)NCc1ncccc1C.I. The van der Waals surface area contributed by atoms with E-state index in [0.29, 0.717) is 13.1 Å². The van der Waals surface area contributed by atoms with E-state index in [2.05, 4.69) is 33.6 Å². The van der Waals surface area contributed by atoms with E-state index in [9.17, 15) is 0 Å². The molecule has 2 N–H and O–H groups in total. The van der Waals surface area contributed by atoms with Crippen LogP contribution in [0.3, 0.4) is 0 Å². The van der Waals surface area contributed by atoms with Crippen molar-refractivity contribution in [1.82, 2.24) is 15.6 Å². The van der Waals surface area contributed by atoms with E-state index in [1.807, 2.05) is 37.3 Å². The van der Waals surface area contributed by atoms with Gasteiger partial charge in [0.15, 0.2) is 5.96 Å². The van der Waals surface area contributed by atoms with Crippen LogP contribution in [0, 0.1) is 6.92 Å². The fourth-order valence-electron chi connectivity index (χ4n) is 2.00. The maximum absolute atomic E-state index is 6.16. The van der Waals surface area contributed by atoms with Gasteiger partial charge in [0, 0.05) is 17.8 Å². The molecule has 0 fully saturated rings. The second kappa shape index (κ2) is 10.4. The average molecular weight is 445 g/mol. The van der Waals surface area contributed by atoms with E-state index in [0.717, 1.165) is 34.3 Å². The summed E-state index contributed by atoms with van der Waals surface area (Å²) < 4.78 is 0. The second-order valence-corrected chi connectivity index (χ2v) is 5.31. The Bertz CT molecular complexity index is 646. The predicted octanol–water partition coefficient (Wildman–Crippen LogP) is 3.92. The Labute approximate surface area is 159 Å². The largest absolute Gasteiger partial charge is 0.357 e. The number of halogens is 2. The number of aryl methyl sites for hydroxylation is 1. The summed E-state index contributed by atoms with van der Waals surface area (Å²) in [6.07, 6.45) is 1.80. The lowest BCUT2D eigenvalue weighted by molar-refractivity contribution is 0.794.